The Kier molecular flexibility index (Phi) is 6.90. The molecule has 1 unspecified atom stereocenters. The van der Waals surface area contributed by atoms with Gasteiger partial charge in [-0.2, -0.15) is 10.4 Å². The second kappa shape index (κ2) is 10.4. The third-order valence-electron chi connectivity index (χ3n) is 6.27. The molecule has 1 aliphatic rings. The second-order valence-corrected chi connectivity index (χ2v) is 9.01. The molecule has 10 nitrogen and oxygen atoms in total. The number of amides is 1. The number of ether oxygens (including phenoxy) is 1. The highest BCUT2D eigenvalue weighted by molar-refractivity contribution is 6.33. The van der Waals surface area contributed by atoms with E-state index >= 15 is 0 Å². The van der Waals surface area contributed by atoms with Crippen LogP contribution in [0.3, 0.4) is 0 Å². The highest BCUT2D eigenvalue weighted by atomic mass is 35.5. The van der Waals surface area contributed by atoms with Crippen LogP contribution in [0.5, 0.6) is 5.75 Å². The van der Waals surface area contributed by atoms with Crippen LogP contribution in [0.15, 0.2) is 55.1 Å². The number of halogens is 1. The number of β-amino-alcohol motifs (C(OH)–C–C–N with tert-alkyl or cyclic N) is 1. The van der Waals surface area contributed by atoms with Crippen molar-refractivity contribution >= 4 is 28.8 Å². The average Bonchev–Trinajstić information content (AvgIpc) is 3.33. The quantitative estimate of drug-likeness (QED) is 0.399. The van der Waals surface area contributed by atoms with Crippen molar-refractivity contribution in [3.63, 3.8) is 0 Å². The first-order valence-electron chi connectivity index (χ1n) is 11.8. The van der Waals surface area contributed by atoms with Crippen LogP contribution < -0.4 is 15.0 Å². The fourth-order valence-electron chi connectivity index (χ4n) is 4.47. The molecule has 5 heterocycles. The van der Waals surface area contributed by atoms with Crippen molar-refractivity contribution in [2.45, 2.75) is 25.5 Å². The van der Waals surface area contributed by atoms with E-state index in [1.807, 2.05) is 30.0 Å². The Morgan fingerprint density at radius 1 is 1.32 bits per heavy atom. The van der Waals surface area contributed by atoms with Gasteiger partial charge in [0, 0.05) is 36.6 Å². The number of fused-ring (bicyclic) bond motifs is 1. The lowest BCUT2D eigenvalue weighted by molar-refractivity contribution is 0.0793. The third kappa shape index (κ3) is 4.91. The summed E-state index contributed by atoms with van der Waals surface area (Å²) >= 11 is 6.07. The number of aliphatic hydroxyl groups excluding tert-OH is 1. The zero-order valence-corrected chi connectivity index (χ0v) is 20.8. The zero-order valence-electron chi connectivity index (χ0n) is 20.0. The number of aliphatic hydroxyl groups is 1. The number of carbonyl (C=O) groups is 1. The van der Waals surface area contributed by atoms with Crippen molar-refractivity contribution in [3.8, 4) is 22.9 Å². The fraction of sp³-hybridized carbons (Fsp3) is 0.269. The van der Waals surface area contributed by atoms with Gasteiger partial charge in [0.15, 0.2) is 0 Å². The number of rotatable bonds is 6. The molecule has 1 amide bonds. The molecule has 0 aromatic carbocycles. The molecule has 37 heavy (non-hydrogen) atoms. The summed E-state index contributed by atoms with van der Waals surface area (Å²) in [6, 6.07) is 10.7. The molecule has 5 rings (SSSR count). The Morgan fingerprint density at radius 3 is 2.89 bits per heavy atom. The van der Waals surface area contributed by atoms with Gasteiger partial charge in [-0.25, -0.2) is 14.5 Å². The van der Waals surface area contributed by atoms with Crippen LogP contribution in [-0.2, 0) is 0 Å². The Labute approximate surface area is 218 Å². The van der Waals surface area contributed by atoms with Crippen LogP contribution in [0.1, 0.15) is 29.4 Å². The van der Waals surface area contributed by atoms with Gasteiger partial charge in [0.2, 0.25) is 0 Å². The highest BCUT2D eigenvalue weighted by Crippen LogP contribution is 2.31. The van der Waals surface area contributed by atoms with Crippen LogP contribution in [0, 0.1) is 11.3 Å². The number of hydrogen-bond donors (Lipinski definition) is 2. The number of anilines is 1. The molecule has 4 aromatic rings. The smallest absolute Gasteiger partial charge is 0.271 e. The molecule has 11 heteroatoms. The van der Waals surface area contributed by atoms with E-state index < -0.39 is 18.1 Å². The molecule has 188 valence electrons. The Hall–Kier alpha value is -4.20. The first-order valence-corrected chi connectivity index (χ1v) is 12.2. The molecule has 1 saturated heterocycles. The fourth-order valence-corrected chi connectivity index (χ4v) is 4.68. The van der Waals surface area contributed by atoms with Crippen molar-refractivity contribution in [2.75, 3.05) is 24.6 Å². The van der Waals surface area contributed by atoms with Crippen LogP contribution in [0.25, 0.3) is 16.6 Å². The molecule has 0 aliphatic carbocycles. The SMILES string of the molecule is CCOc1cc(-c2ccc(N3CCC(NC(=O)c4ncccc4Cl)[C@H](O)C3)nc2)c2c(C#N)cnn2c1. The van der Waals surface area contributed by atoms with Crippen molar-refractivity contribution in [1.29, 1.82) is 5.26 Å². The first kappa shape index (κ1) is 24.5. The number of hydrogen-bond acceptors (Lipinski definition) is 8. The normalized spacial score (nSPS) is 17.4. The standard InChI is InChI=1S/C26H24ClN7O3/c1-2-37-18-10-19(25-17(11-28)13-31-34(25)14-18)16-5-6-23(30-12-16)33-9-7-21(22(35)15-33)32-26(36)24-20(27)4-3-8-29-24/h3-6,8,10,12-14,21-22,35H,2,7,9,15H2,1H3,(H,32,36)/t21?,22-/m1/s1. The molecule has 1 aliphatic heterocycles. The van der Waals surface area contributed by atoms with E-state index in [1.54, 1.807) is 29.0 Å². The number of pyridine rings is 3. The lowest BCUT2D eigenvalue weighted by Crippen LogP contribution is -2.54. The average molecular weight is 518 g/mol. The van der Waals surface area contributed by atoms with E-state index in [2.05, 4.69) is 26.5 Å². The predicted octanol–water partition coefficient (Wildman–Crippen LogP) is 3.08. The number of piperidine rings is 1. The minimum absolute atomic E-state index is 0.135. The molecular weight excluding hydrogens is 494 g/mol. The minimum atomic E-state index is -0.797. The van der Waals surface area contributed by atoms with Gasteiger partial charge in [-0.15, -0.1) is 0 Å². The van der Waals surface area contributed by atoms with E-state index in [4.69, 9.17) is 16.3 Å². The van der Waals surface area contributed by atoms with Crippen LogP contribution in [0.2, 0.25) is 5.02 Å². The minimum Gasteiger partial charge on any atom is -0.492 e. The monoisotopic (exact) mass is 517 g/mol. The number of nitrogens with zero attached hydrogens (tertiary/aromatic N) is 6. The van der Waals surface area contributed by atoms with Crippen molar-refractivity contribution in [3.05, 3.63) is 71.4 Å². The second-order valence-electron chi connectivity index (χ2n) is 8.61. The topological polar surface area (TPSA) is 129 Å². The number of nitriles is 1. The van der Waals surface area contributed by atoms with Crippen LogP contribution in [0.4, 0.5) is 5.82 Å². The number of aromatic nitrogens is 4. The molecular formula is C26H24ClN7O3. The van der Waals surface area contributed by atoms with Gasteiger partial charge < -0.3 is 20.1 Å². The van der Waals surface area contributed by atoms with Crippen molar-refractivity contribution in [1.82, 2.24) is 24.9 Å². The molecule has 0 radical (unpaired) electrons. The Morgan fingerprint density at radius 2 is 2.19 bits per heavy atom. The van der Waals surface area contributed by atoms with E-state index in [9.17, 15) is 15.2 Å². The summed E-state index contributed by atoms with van der Waals surface area (Å²) in [6.07, 6.45) is 6.24. The van der Waals surface area contributed by atoms with E-state index in [0.717, 1.165) is 11.1 Å². The molecule has 1 fully saturated rings. The lowest BCUT2D eigenvalue weighted by atomic mass is 10.0. The molecule has 0 spiro atoms. The van der Waals surface area contributed by atoms with Gasteiger partial charge in [0.05, 0.1) is 47.2 Å². The number of nitrogens with one attached hydrogen (secondary N) is 1. The summed E-state index contributed by atoms with van der Waals surface area (Å²) in [5.74, 6) is 0.926. The van der Waals surface area contributed by atoms with Gasteiger partial charge in [-0.05, 0) is 43.7 Å². The van der Waals surface area contributed by atoms with E-state index in [-0.39, 0.29) is 10.7 Å². The predicted molar refractivity (Wildman–Crippen MR) is 138 cm³/mol. The van der Waals surface area contributed by atoms with Crippen molar-refractivity contribution < 1.29 is 14.6 Å². The molecule has 0 saturated carbocycles. The van der Waals surface area contributed by atoms with Gasteiger partial charge in [0.1, 0.15) is 23.3 Å². The summed E-state index contributed by atoms with van der Waals surface area (Å²) in [4.78, 5) is 23.2. The van der Waals surface area contributed by atoms with Crippen LogP contribution >= 0.6 is 11.6 Å². The van der Waals surface area contributed by atoms with Crippen molar-refractivity contribution in [2.24, 2.45) is 0 Å². The maximum Gasteiger partial charge on any atom is 0.271 e. The first-order chi connectivity index (χ1) is 18.0. The lowest BCUT2D eigenvalue weighted by Gasteiger charge is -2.36. The molecule has 4 aromatic heterocycles. The summed E-state index contributed by atoms with van der Waals surface area (Å²) in [6.45, 7) is 3.30. The summed E-state index contributed by atoms with van der Waals surface area (Å²) in [7, 11) is 0. The largest absolute Gasteiger partial charge is 0.492 e. The summed E-state index contributed by atoms with van der Waals surface area (Å²) in [5.41, 5.74) is 2.87. The third-order valence-corrected chi connectivity index (χ3v) is 6.58. The van der Waals surface area contributed by atoms with Gasteiger partial charge in [-0.1, -0.05) is 11.6 Å². The highest BCUT2D eigenvalue weighted by Gasteiger charge is 2.30. The number of carbonyl (C=O) groups excluding carboxylic acids is 1. The maximum absolute atomic E-state index is 12.6. The Bertz CT molecular complexity index is 1480. The maximum atomic E-state index is 12.6. The zero-order chi connectivity index (χ0) is 25.9. The van der Waals surface area contributed by atoms with Gasteiger partial charge >= 0.3 is 0 Å². The Balaban J connectivity index is 1.32. The van der Waals surface area contributed by atoms with Crippen LogP contribution in [-0.4, -0.2) is 62.4 Å². The molecule has 2 atom stereocenters. The van der Waals surface area contributed by atoms with E-state index in [0.29, 0.717) is 48.8 Å². The summed E-state index contributed by atoms with van der Waals surface area (Å²) in [5, 5.41) is 27.7. The summed E-state index contributed by atoms with van der Waals surface area (Å²) < 4.78 is 7.32. The van der Waals surface area contributed by atoms with Gasteiger partial charge in [-0.3, -0.25) is 4.79 Å². The molecule has 0 bridgehead atoms. The van der Waals surface area contributed by atoms with Gasteiger partial charge in [0.25, 0.3) is 5.91 Å². The molecule has 2 N–H and O–H groups in total. The van der Waals surface area contributed by atoms with E-state index in [1.165, 1.54) is 12.4 Å².